The highest BCUT2D eigenvalue weighted by Gasteiger charge is 2.14. The van der Waals surface area contributed by atoms with Crippen molar-refractivity contribution in [1.29, 1.82) is 0 Å². The average molecular weight is 283 g/mol. The van der Waals surface area contributed by atoms with Crippen molar-refractivity contribution < 1.29 is 8.78 Å². The maximum absolute atomic E-state index is 13.7. The molecule has 114 valence electrons. The fourth-order valence-electron chi connectivity index (χ4n) is 2.41. The summed E-state index contributed by atoms with van der Waals surface area (Å²) in [6, 6.07) is 4.18. The van der Waals surface area contributed by atoms with Crippen LogP contribution in [0.5, 0.6) is 0 Å². The van der Waals surface area contributed by atoms with Crippen molar-refractivity contribution in [3.63, 3.8) is 0 Å². The molecular formula is C17H27F2N. The standard InChI is InChI=1S/C17H27F2N/c1-3-5-7-10-14(11-8-6-4-2)20-17-15(18)12-9-13-16(17)19/h9,12-14,20H,3-8,10-11H2,1-2H3. The third-order valence-corrected chi connectivity index (χ3v) is 3.62. The third-order valence-electron chi connectivity index (χ3n) is 3.62. The van der Waals surface area contributed by atoms with Crippen molar-refractivity contribution in [1.82, 2.24) is 0 Å². The zero-order valence-electron chi connectivity index (χ0n) is 12.7. The van der Waals surface area contributed by atoms with Gasteiger partial charge in [-0.15, -0.1) is 0 Å². The molecule has 0 radical (unpaired) electrons. The molecular weight excluding hydrogens is 256 g/mol. The van der Waals surface area contributed by atoms with Gasteiger partial charge in [-0.2, -0.15) is 0 Å². The summed E-state index contributed by atoms with van der Waals surface area (Å²) in [5.41, 5.74) is 0.0329. The number of hydrogen-bond donors (Lipinski definition) is 1. The first kappa shape index (κ1) is 16.9. The number of benzene rings is 1. The quantitative estimate of drug-likeness (QED) is 0.527. The van der Waals surface area contributed by atoms with E-state index in [1.54, 1.807) is 0 Å². The van der Waals surface area contributed by atoms with Crippen LogP contribution in [-0.2, 0) is 0 Å². The van der Waals surface area contributed by atoms with Crippen molar-refractivity contribution >= 4 is 5.69 Å². The van der Waals surface area contributed by atoms with Crippen molar-refractivity contribution in [2.75, 3.05) is 5.32 Å². The summed E-state index contributed by atoms with van der Waals surface area (Å²) in [5.74, 6) is -0.998. The van der Waals surface area contributed by atoms with Crippen LogP contribution in [0.2, 0.25) is 0 Å². The summed E-state index contributed by atoms with van der Waals surface area (Å²) in [4.78, 5) is 0. The number of para-hydroxylation sites is 1. The van der Waals surface area contributed by atoms with Gasteiger partial charge in [-0.1, -0.05) is 58.4 Å². The molecule has 0 amide bonds. The van der Waals surface area contributed by atoms with E-state index in [1.165, 1.54) is 31.0 Å². The summed E-state index contributed by atoms with van der Waals surface area (Å²) < 4.78 is 27.4. The van der Waals surface area contributed by atoms with Crippen LogP contribution in [0.25, 0.3) is 0 Å². The minimum Gasteiger partial charge on any atom is -0.378 e. The predicted octanol–water partition coefficient (Wildman–Crippen LogP) is 5.91. The minimum absolute atomic E-state index is 0.0329. The molecule has 20 heavy (non-hydrogen) atoms. The molecule has 0 spiro atoms. The van der Waals surface area contributed by atoms with Crippen LogP contribution < -0.4 is 5.32 Å². The van der Waals surface area contributed by atoms with Crippen LogP contribution in [0.1, 0.15) is 65.2 Å². The van der Waals surface area contributed by atoms with Crippen LogP contribution >= 0.6 is 0 Å². The topological polar surface area (TPSA) is 12.0 Å². The largest absolute Gasteiger partial charge is 0.378 e. The number of rotatable bonds is 10. The molecule has 0 heterocycles. The number of unbranched alkanes of at least 4 members (excludes halogenated alkanes) is 4. The Balaban J connectivity index is 2.61. The second-order valence-electron chi connectivity index (χ2n) is 5.43. The second-order valence-corrected chi connectivity index (χ2v) is 5.43. The molecule has 0 saturated carbocycles. The van der Waals surface area contributed by atoms with E-state index >= 15 is 0 Å². The molecule has 0 atom stereocenters. The van der Waals surface area contributed by atoms with Gasteiger partial charge in [0.15, 0.2) is 0 Å². The highest BCUT2D eigenvalue weighted by molar-refractivity contribution is 5.46. The Bertz CT molecular complexity index is 349. The fraction of sp³-hybridized carbons (Fsp3) is 0.647. The molecule has 1 aromatic rings. The predicted molar refractivity (Wildman–Crippen MR) is 82.1 cm³/mol. The molecule has 1 aromatic carbocycles. The van der Waals surface area contributed by atoms with Gasteiger partial charge >= 0.3 is 0 Å². The Hall–Kier alpha value is -1.12. The Morgan fingerprint density at radius 3 is 1.85 bits per heavy atom. The van der Waals surface area contributed by atoms with Gasteiger partial charge < -0.3 is 5.32 Å². The van der Waals surface area contributed by atoms with Crippen LogP contribution in [0.15, 0.2) is 18.2 Å². The van der Waals surface area contributed by atoms with Gasteiger partial charge in [-0.05, 0) is 25.0 Å². The Kier molecular flexibility index (Phi) is 8.24. The minimum atomic E-state index is -0.499. The van der Waals surface area contributed by atoms with Gasteiger partial charge in [0, 0.05) is 6.04 Å². The maximum Gasteiger partial charge on any atom is 0.149 e. The summed E-state index contributed by atoms with van der Waals surface area (Å²) in [6.45, 7) is 4.33. The number of anilines is 1. The third kappa shape index (κ3) is 5.89. The summed E-state index contributed by atoms with van der Waals surface area (Å²) in [5, 5.41) is 3.08. The van der Waals surface area contributed by atoms with Crippen molar-refractivity contribution in [3.05, 3.63) is 29.8 Å². The van der Waals surface area contributed by atoms with E-state index in [2.05, 4.69) is 19.2 Å². The zero-order chi connectivity index (χ0) is 14.8. The number of halogens is 2. The molecule has 1 nitrogen and oxygen atoms in total. The van der Waals surface area contributed by atoms with Gasteiger partial charge in [0.05, 0.1) is 0 Å². The first-order chi connectivity index (χ1) is 9.69. The number of hydrogen-bond acceptors (Lipinski definition) is 1. The molecule has 0 fully saturated rings. The molecule has 3 heteroatoms. The lowest BCUT2D eigenvalue weighted by molar-refractivity contribution is 0.515. The first-order valence-corrected chi connectivity index (χ1v) is 7.89. The first-order valence-electron chi connectivity index (χ1n) is 7.89. The molecule has 1 N–H and O–H groups in total. The molecule has 0 bridgehead atoms. The van der Waals surface area contributed by atoms with E-state index in [9.17, 15) is 8.78 Å². The van der Waals surface area contributed by atoms with E-state index in [1.807, 2.05) is 0 Å². The van der Waals surface area contributed by atoms with Crippen molar-refractivity contribution in [2.24, 2.45) is 0 Å². The lowest BCUT2D eigenvalue weighted by atomic mass is 10.0. The highest BCUT2D eigenvalue weighted by atomic mass is 19.1. The average Bonchev–Trinajstić information content (AvgIpc) is 2.43. The van der Waals surface area contributed by atoms with Gasteiger partial charge in [0.2, 0.25) is 0 Å². The molecule has 0 unspecified atom stereocenters. The summed E-state index contributed by atoms with van der Waals surface area (Å²) in [7, 11) is 0. The molecule has 0 aliphatic rings. The Labute approximate surface area is 121 Å². The van der Waals surface area contributed by atoms with Crippen LogP contribution in [0.3, 0.4) is 0 Å². The lowest BCUT2D eigenvalue weighted by Crippen LogP contribution is -2.21. The zero-order valence-corrected chi connectivity index (χ0v) is 12.7. The van der Waals surface area contributed by atoms with Gasteiger partial charge in [-0.25, -0.2) is 8.78 Å². The SMILES string of the molecule is CCCCCC(CCCCC)Nc1c(F)cccc1F. The van der Waals surface area contributed by atoms with E-state index in [-0.39, 0.29) is 11.7 Å². The lowest BCUT2D eigenvalue weighted by Gasteiger charge is -2.20. The Morgan fingerprint density at radius 1 is 0.900 bits per heavy atom. The number of nitrogens with one attached hydrogen (secondary N) is 1. The van der Waals surface area contributed by atoms with E-state index in [4.69, 9.17) is 0 Å². The van der Waals surface area contributed by atoms with Crippen LogP contribution in [0, 0.1) is 11.6 Å². The van der Waals surface area contributed by atoms with Crippen molar-refractivity contribution in [3.8, 4) is 0 Å². The van der Waals surface area contributed by atoms with Crippen molar-refractivity contribution in [2.45, 2.75) is 71.3 Å². The highest BCUT2D eigenvalue weighted by Crippen LogP contribution is 2.22. The van der Waals surface area contributed by atoms with Crippen LogP contribution in [-0.4, -0.2) is 6.04 Å². The van der Waals surface area contributed by atoms with Crippen LogP contribution in [0.4, 0.5) is 14.5 Å². The monoisotopic (exact) mass is 283 g/mol. The van der Waals surface area contributed by atoms with Gasteiger partial charge in [0.1, 0.15) is 17.3 Å². The van der Waals surface area contributed by atoms with Gasteiger partial charge in [-0.3, -0.25) is 0 Å². The maximum atomic E-state index is 13.7. The molecule has 0 saturated heterocycles. The second kappa shape index (κ2) is 9.73. The van der Waals surface area contributed by atoms with Gasteiger partial charge in [0.25, 0.3) is 0 Å². The summed E-state index contributed by atoms with van der Waals surface area (Å²) in [6.07, 6.45) is 8.84. The molecule has 0 aliphatic carbocycles. The van der Waals surface area contributed by atoms with E-state index in [0.29, 0.717) is 0 Å². The van der Waals surface area contributed by atoms with E-state index < -0.39 is 11.6 Å². The molecule has 0 aromatic heterocycles. The van der Waals surface area contributed by atoms with E-state index in [0.717, 1.165) is 38.5 Å². The summed E-state index contributed by atoms with van der Waals surface area (Å²) >= 11 is 0. The fourth-order valence-corrected chi connectivity index (χ4v) is 2.41. The smallest absolute Gasteiger partial charge is 0.149 e. The molecule has 0 aliphatic heterocycles. The Morgan fingerprint density at radius 2 is 1.40 bits per heavy atom. The molecule has 1 rings (SSSR count). The normalized spacial score (nSPS) is 11.1.